The predicted molar refractivity (Wildman–Crippen MR) is 76.4 cm³/mol. The van der Waals surface area contributed by atoms with E-state index in [0.717, 1.165) is 11.8 Å². The van der Waals surface area contributed by atoms with Crippen LogP contribution in [0.25, 0.3) is 0 Å². The van der Waals surface area contributed by atoms with E-state index >= 15 is 0 Å². The summed E-state index contributed by atoms with van der Waals surface area (Å²) in [6, 6.07) is 0. The van der Waals surface area contributed by atoms with Crippen molar-refractivity contribution in [2.45, 2.75) is 58.8 Å². The molecule has 1 fully saturated rings. The molecule has 1 unspecified atom stereocenters. The first-order valence-electron chi connectivity index (χ1n) is 7.70. The topological polar surface area (TPSA) is 24.1 Å². The van der Waals surface area contributed by atoms with Gasteiger partial charge >= 0.3 is 0 Å². The zero-order valence-corrected chi connectivity index (χ0v) is 11.9. The van der Waals surface area contributed by atoms with Crippen molar-refractivity contribution < 1.29 is 0 Å². The lowest BCUT2D eigenvalue weighted by atomic mass is 10.00. The molecule has 1 heterocycles. The van der Waals surface area contributed by atoms with Crippen molar-refractivity contribution in [1.29, 1.82) is 0 Å². The third kappa shape index (κ3) is 8.62. The SMILES string of the molecule is CC(C)CCCCCCNCC1CCCNC1. The van der Waals surface area contributed by atoms with Crippen molar-refractivity contribution in [3.63, 3.8) is 0 Å². The summed E-state index contributed by atoms with van der Waals surface area (Å²) < 4.78 is 0. The van der Waals surface area contributed by atoms with Crippen molar-refractivity contribution in [1.82, 2.24) is 10.6 Å². The lowest BCUT2D eigenvalue weighted by molar-refractivity contribution is 0.359. The summed E-state index contributed by atoms with van der Waals surface area (Å²) in [5, 5.41) is 7.09. The Morgan fingerprint density at radius 2 is 2.00 bits per heavy atom. The number of piperidine rings is 1. The second kappa shape index (κ2) is 9.90. The van der Waals surface area contributed by atoms with Crippen molar-refractivity contribution in [2.75, 3.05) is 26.2 Å². The highest BCUT2D eigenvalue weighted by molar-refractivity contribution is 4.70. The lowest BCUT2D eigenvalue weighted by Crippen LogP contribution is -2.36. The third-order valence-electron chi connectivity index (χ3n) is 3.72. The molecule has 0 spiro atoms. The molecule has 0 saturated carbocycles. The average Bonchev–Trinajstić information content (AvgIpc) is 2.33. The Hall–Kier alpha value is -0.0800. The first-order valence-corrected chi connectivity index (χ1v) is 7.70. The van der Waals surface area contributed by atoms with E-state index in [1.165, 1.54) is 71.1 Å². The van der Waals surface area contributed by atoms with E-state index < -0.39 is 0 Å². The first kappa shape index (κ1) is 15.0. The van der Waals surface area contributed by atoms with Gasteiger partial charge in [0.2, 0.25) is 0 Å². The molecular weight excluding hydrogens is 208 g/mol. The van der Waals surface area contributed by atoms with Crippen LogP contribution < -0.4 is 10.6 Å². The molecule has 0 aromatic rings. The van der Waals surface area contributed by atoms with E-state index in [1.54, 1.807) is 0 Å². The van der Waals surface area contributed by atoms with Crippen LogP contribution in [0.3, 0.4) is 0 Å². The van der Waals surface area contributed by atoms with Crippen LogP contribution in [0.4, 0.5) is 0 Å². The van der Waals surface area contributed by atoms with E-state index in [1.807, 2.05) is 0 Å². The predicted octanol–water partition coefficient (Wildman–Crippen LogP) is 3.18. The summed E-state index contributed by atoms with van der Waals surface area (Å²) in [5.74, 6) is 1.76. The van der Waals surface area contributed by atoms with E-state index in [4.69, 9.17) is 0 Å². The summed E-state index contributed by atoms with van der Waals surface area (Å²) in [7, 11) is 0. The molecule has 1 rings (SSSR count). The van der Waals surface area contributed by atoms with Gasteiger partial charge in [0.15, 0.2) is 0 Å². The fourth-order valence-electron chi connectivity index (χ4n) is 2.56. The van der Waals surface area contributed by atoms with Crippen molar-refractivity contribution in [3.8, 4) is 0 Å². The molecule has 0 amide bonds. The lowest BCUT2D eigenvalue weighted by Gasteiger charge is -2.22. The Balaban J connectivity index is 1.78. The molecule has 1 aliphatic rings. The first-order chi connectivity index (χ1) is 8.29. The van der Waals surface area contributed by atoms with Crippen molar-refractivity contribution in [2.24, 2.45) is 11.8 Å². The van der Waals surface area contributed by atoms with Gasteiger partial charge in [0.1, 0.15) is 0 Å². The van der Waals surface area contributed by atoms with E-state index in [-0.39, 0.29) is 0 Å². The molecule has 2 heteroatoms. The quantitative estimate of drug-likeness (QED) is 0.605. The van der Waals surface area contributed by atoms with Crippen LogP contribution in [0.15, 0.2) is 0 Å². The maximum Gasteiger partial charge on any atom is -0.000837 e. The van der Waals surface area contributed by atoms with Crippen LogP contribution in [0.1, 0.15) is 58.8 Å². The number of rotatable bonds is 9. The van der Waals surface area contributed by atoms with Gasteiger partial charge in [0.05, 0.1) is 0 Å². The summed E-state index contributed by atoms with van der Waals surface area (Å²) in [6.45, 7) is 9.53. The van der Waals surface area contributed by atoms with Crippen LogP contribution in [0, 0.1) is 11.8 Å². The summed E-state index contributed by atoms with van der Waals surface area (Å²) in [5.41, 5.74) is 0. The highest BCUT2D eigenvalue weighted by atomic mass is 14.9. The molecule has 1 atom stereocenters. The van der Waals surface area contributed by atoms with Gasteiger partial charge in [-0.25, -0.2) is 0 Å². The highest BCUT2D eigenvalue weighted by Crippen LogP contribution is 2.10. The maximum absolute atomic E-state index is 3.61. The molecule has 0 radical (unpaired) electrons. The summed E-state index contributed by atoms with van der Waals surface area (Å²) >= 11 is 0. The minimum absolute atomic E-state index is 0.879. The Morgan fingerprint density at radius 3 is 2.71 bits per heavy atom. The Morgan fingerprint density at radius 1 is 1.18 bits per heavy atom. The molecule has 1 saturated heterocycles. The van der Waals surface area contributed by atoms with Gasteiger partial charge in [0.25, 0.3) is 0 Å². The number of hydrogen-bond acceptors (Lipinski definition) is 2. The summed E-state index contributed by atoms with van der Waals surface area (Å²) in [4.78, 5) is 0. The number of nitrogens with one attached hydrogen (secondary N) is 2. The summed E-state index contributed by atoms with van der Waals surface area (Å²) in [6.07, 6.45) is 9.78. The zero-order valence-electron chi connectivity index (χ0n) is 11.9. The fourth-order valence-corrected chi connectivity index (χ4v) is 2.56. The van der Waals surface area contributed by atoms with Gasteiger partial charge in [-0.2, -0.15) is 0 Å². The highest BCUT2D eigenvalue weighted by Gasteiger charge is 2.11. The maximum atomic E-state index is 3.61. The minimum atomic E-state index is 0.879. The normalized spacial score (nSPS) is 21.0. The fraction of sp³-hybridized carbons (Fsp3) is 1.00. The minimum Gasteiger partial charge on any atom is -0.316 e. The molecule has 0 aromatic heterocycles. The smallest absolute Gasteiger partial charge is 0.000837 e. The third-order valence-corrected chi connectivity index (χ3v) is 3.72. The van der Waals surface area contributed by atoms with Gasteiger partial charge in [-0.05, 0) is 57.3 Å². The van der Waals surface area contributed by atoms with E-state index in [9.17, 15) is 0 Å². The second-order valence-electron chi connectivity index (χ2n) is 6.01. The molecule has 2 nitrogen and oxygen atoms in total. The largest absolute Gasteiger partial charge is 0.316 e. The molecule has 1 aliphatic heterocycles. The Kier molecular flexibility index (Phi) is 8.72. The van der Waals surface area contributed by atoms with Gasteiger partial charge in [-0.15, -0.1) is 0 Å². The number of unbranched alkanes of at least 4 members (excludes halogenated alkanes) is 3. The van der Waals surface area contributed by atoms with Gasteiger partial charge in [-0.3, -0.25) is 0 Å². The van der Waals surface area contributed by atoms with Gasteiger partial charge < -0.3 is 10.6 Å². The van der Waals surface area contributed by atoms with Crippen LogP contribution >= 0.6 is 0 Å². The van der Waals surface area contributed by atoms with Crippen LogP contribution in [-0.2, 0) is 0 Å². The van der Waals surface area contributed by atoms with Crippen molar-refractivity contribution >= 4 is 0 Å². The van der Waals surface area contributed by atoms with Gasteiger partial charge in [-0.1, -0.05) is 39.5 Å². The molecule has 0 aromatic carbocycles. The Bertz CT molecular complexity index is 162. The monoisotopic (exact) mass is 240 g/mol. The number of hydrogen-bond donors (Lipinski definition) is 2. The van der Waals surface area contributed by atoms with Crippen LogP contribution in [-0.4, -0.2) is 26.2 Å². The standard InChI is InChI=1S/C15H32N2/c1-14(2)8-5-3-4-6-10-16-12-15-9-7-11-17-13-15/h14-17H,3-13H2,1-2H3. The van der Waals surface area contributed by atoms with Crippen LogP contribution in [0.5, 0.6) is 0 Å². The average molecular weight is 240 g/mol. The second-order valence-corrected chi connectivity index (χ2v) is 6.01. The van der Waals surface area contributed by atoms with E-state index in [0.29, 0.717) is 0 Å². The molecular formula is C15H32N2. The van der Waals surface area contributed by atoms with Crippen molar-refractivity contribution in [3.05, 3.63) is 0 Å². The zero-order chi connectivity index (χ0) is 12.3. The van der Waals surface area contributed by atoms with Gasteiger partial charge in [0, 0.05) is 0 Å². The van der Waals surface area contributed by atoms with Crippen LogP contribution in [0.2, 0.25) is 0 Å². The molecule has 0 bridgehead atoms. The Labute approximate surface area is 108 Å². The molecule has 102 valence electrons. The molecule has 0 aliphatic carbocycles. The van der Waals surface area contributed by atoms with E-state index in [2.05, 4.69) is 24.5 Å². The molecule has 17 heavy (non-hydrogen) atoms. The molecule has 2 N–H and O–H groups in total.